The molecule has 0 atom stereocenters. The number of hydrogen-bond acceptors (Lipinski definition) is 4. The van der Waals surface area contributed by atoms with E-state index in [1.54, 1.807) is 18.2 Å². The maximum absolute atomic E-state index is 12.4. The van der Waals surface area contributed by atoms with Gasteiger partial charge in [-0.25, -0.2) is 0 Å². The van der Waals surface area contributed by atoms with Gasteiger partial charge in [-0.1, -0.05) is 6.07 Å². The van der Waals surface area contributed by atoms with Crippen molar-refractivity contribution in [3.63, 3.8) is 0 Å². The van der Waals surface area contributed by atoms with Crippen LogP contribution in [0.2, 0.25) is 0 Å². The van der Waals surface area contributed by atoms with Gasteiger partial charge >= 0.3 is 0 Å². The van der Waals surface area contributed by atoms with E-state index in [1.165, 1.54) is 0 Å². The minimum Gasteiger partial charge on any atom is -0.506 e. The Hall–Kier alpha value is -1.30. The number of phenolic OH excluding ortho intramolecular Hbond substituents is 1. The number of carbonyl (C=O) groups is 1. The lowest BCUT2D eigenvalue weighted by molar-refractivity contribution is -0.130. The topological polar surface area (TPSA) is 84.6 Å². The van der Waals surface area contributed by atoms with Gasteiger partial charge in [-0.15, -0.1) is 12.4 Å². The third-order valence-corrected chi connectivity index (χ3v) is 3.72. The van der Waals surface area contributed by atoms with Crippen LogP contribution in [-0.4, -0.2) is 30.8 Å². The van der Waals surface area contributed by atoms with Crippen molar-refractivity contribution in [2.45, 2.75) is 19.8 Å². The van der Waals surface area contributed by atoms with Crippen LogP contribution in [0.4, 0.5) is 5.69 Å². The Bertz CT molecular complexity index is 473. The van der Waals surface area contributed by atoms with Crippen LogP contribution in [0.3, 0.4) is 0 Å². The maximum Gasteiger partial charge on any atom is 0.232 e. The second-order valence-corrected chi connectivity index (χ2v) is 5.07. The largest absolute Gasteiger partial charge is 0.506 e. The van der Waals surface area contributed by atoms with Crippen LogP contribution in [0.1, 0.15) is 18.4 Å². The molecule has 112 valence electrons. The Kier molecular flexibility index (Phi) is 5.80. The summed E-state index contributed by atoms with van der Waals surface area (Å²) >= 11 is 0. The molecule has 6 heteroatoms. The Labute approximate surface area is 124 Å². The van der Waals surface area contributed by atoms with E-state index in [-0.39, 0.29) is 30.6 Å². The second-order valence-electron chi connectivity index (χ2n) is 5.07. The lowest BCUT2D eigenvalue weighted by atomic mass is 9.79. The van der Waals surface area contributed by atoms with E-state index in [4.69, 9.17) is 10.5 Å². The van der Waals surface area contributed by atoms with Gasteiger partial charge in [0.2, 0.25) is 5.91 Å². The number of hydrogen-bond donors (Lipinski definition) is 3. The Morgan fingerprint density at radius 2 is 2.10 bits per heavy atom. The van der Waals surface area contributed by atoms with Crippen molar-refractivity contribution < 1.29 is 14.6 Å². The number of halogens is 1. The van der Waals surface area contributed by atoms with Gasteiger partial charge in [-0.2, -0.15) is 0 Å². The molecule has 20 heavy (non-hydrogen) atoms. The molecule has 0 aliphatic carbocycles. The fourth-order valence-electron chi connectivity index (χ4n) is 2.29. The molecule has 2 rings (SSSR count). The minimum atomic E-state index is -0.589. The average Bonchev–Trinajstić information content (AvgIpc) is 2.43. The second kappa shape index (κ2) is 6.92. The number of carbonyl (C=O) groups excluding carboxylic acids is 1. The molecule has 1 fully saturated rings. The molecule has 1 heterocycles. The van der Waals surface area contributed by atoms with E-state index in [2.05, 4.69) is 5.32 Å². The number of nitrogens with one attached hydrogen (secondary N) is 1. The summed E-state index contributed by atoms with van der Waals surface area (Å²) in [6.45, 7) is 3.28. The number of rotatable bonds is 3. The number of aromatic hydroxyl groups is 1. The van der Waals surface area contributed by atoms with Crippen LogP contribution >= 0.6 is 12.4 Å². The van der Waals surface area contributed by atoms with Crippen molar-refractivity contribution in [2.24, 2.45) is 11.1 Å². The standard InChI is InChI=1S/C14H20N2O3.ClH/c1-10-2-3-12(17)11(8-10)16-13(18)14(9-15)4-6-19-7-5-14;/h2-3,8,17H,4-7,9,15H2,1H3,(H,16,18);1H. The highest BCUT2D eigenvalue weighted by Gasteiger charge is 2.39. The molecule has 0 saturated carbocycles. The van der Waals surface area contributed by atoms with Gasteiger partial charge in [0.15, 0.2) is 0 Å². The van der Waals surface area contributed by atoms with Crippen molar-refractivity contribution in [2.75, 3.05) is 25.1 Å². The van der Waals surface area contributed by atoms with Crippen molar-refractivity contribution in [3.05, 3.63) is 23.8 Å². The van der Waals surface area contributed by atoms with Gasteiger partial charge in [0.05, 0.1) is 11.1 Å². The average molecular weight is 301 g/mol. The number of aryl methyl sites for hydroxylation is 1. The van der Waals surface area contributed by atoms with Crippen molar-refractivity contribution in [1.29, 1.82) is 0 Å². The van der Waals surface area contributed by atoms with Gasteiger partial charge in [-0.3, -0.25) is 4.79 Å². The van der Waals surface area contributed by atoms with Gasteiger partial charge in [0, 0.05) is 19.8 Å². The summed E-state index contributed by atoms with van der Waals surface area (Å²) in [6, 6.07) is 5.11. The van der Waals surface area contributed by atoms with Crippen molar-refractivity contribution >= 4 is 24.0 Å². The summed E-state index contributed by atoms with van der Waals surface area (Å²) in [5.74, 6) is -0.0719. The third kappa shape index (κ3) is 3.42. The lowest BCUT2D eigenvalue weighted by Gasteiger charge is -2.34. The predicted octanol–water partition coefficient (Wildman–Crippen LogP) is 1.82. The number of ether oxygens (including phenoxy) is 1. The van der Waals surface area contributed by atoms with E-state index < -0.39 is 5.41 Å². The highest BCUT2D eigenvalue weighted by molar-refractivity contribution is 5.96. The van der Waals surface area contributed by atoms with E-state index in [0.29, 0.717) is 31.7 Å². The highest BCUT2D eigenvalue weighted by atomic mass is 35.5. The first kappa shape index (κ1) is 16.8. The van der Waals surface area contributed by atoms with E-state index in [0.717, 1.165) is 5.56 Å². The summed E-state index contributed by atoms with van der Waals surface area (Å²) in [6.07, 6.45) is 1.23. The summed E-state index contributed by atoms with van der Waals surface area (Å²) in [7, 11) is 0. The zero-order valence-corrected chi connectivity index (χ0v) is 12.3. The third-order valence-electron chi connectivity index (χ3n) is 3.72. The Morgan fingerprint density at radius 1 is 1.45 bits per heavy atom. The Balaban J connectivity index is 0.00000200. The number of phenols is 1. The molecule has 1 aromatic rings. The van der Waals surface area contributed by atoms with E-state index in [9.17, 15) is 9.90 Å². The first-order valence-electron chi connectivity index (χ1n) is 6.46. The van der Waals surface area contributed by atoms with Crippen LogP contribution in [0.25, 0.3) is 0 Å². The molecule has 0 radical (unpaired) electrons. The number of amides is 1. The fraction of sp³-hybridized carbons (Fsp3) is 0.500. The fourth-order valence-corrected chi connectivity index (χ4v) is 2.29. The molecule has 0 unspecified atom stereocenters. The van der Waals surface area contributed by atoms with E-state index >= 15 is 0 Å². The highest BCUT2D eigenvalue weighted by Crippen LogP contribution is 2.32. The number of nitrogens with two attached hydrogens (primary N) is 1. The van der Waals surface area contributed by atoms with Crippen LogP contribution in [0.5, 0.6) is 5.75 Å². The maximum atomic E-state index is 12.4. The summed E-state index contributed by atoms with van der Waals surface area (Å²) in [5, 5.41) is 12.6. The lowest BCUT2D eigenvalue weighted by Crippen LogP contribution is -2.46. The van der Waals surface area contributed by atoms with E-state index in [1.807, 2.05) is 6.92 Å². The number of anilines is 1. The molecule has 0 bridgehead atoms. The first-order valence-corrected chi connectivity index (χ1v) is 6.46. The normalized spacial score (nSPS) is 17.1. The molecule has 1 aromatic carbocycles. The summed E-state index contributed by atoms with van der Waals surface area (Å²) < 4.78 is 5.28. The quantitative estimate of drug-likeness (QED) is 0.743. The molecule has 4 N–H and O–H groups in total. The van der Waals surface area contributed by atoms with Gasteiger partial charge in [0.1, 0.15) is 5.75 Å². The predicted molar refractivity (Wildman–Crippen MR) is 80.3 cm³/mol. The van der Waals surface area contributed by atoms with Crippen LogP contribution in [-0.2, 0) is 9.53 Å². The molecule has 1 amide bonds. The molecule has 1 saturated heterocycles. The van der Waals surface area contributed by atoms with Gasteiger partial charge in [-0.05, 0) is 37.5 Å². The van der Waals surface area contributed by atoms with Crippen molar-refractivity contribution in [3.8, 4) is 5.75 Å². The summed E-state index contributed by atoms with van der Waals surface area (Å²) in [4.78, 5) is 12.4. The molecule has 0 spiro atoms. The zero-order valence-electron chi connectivity index (χ0n) is 11.5. The van der Waals surface area contributed by atoms with Crippen LogP contribution in [0, 0.1) is 12.3 Å². The monoisotopic (exact) mass is 300 g/mol. The molecule has 1 aliphatic rings. The molecular formula is C14H21ClN2O3. The van der Waals surface area contributed by atoms with Gasteiger partial charge in [0.25, 0.3) is 0 Å². The SMILES string of the molecule is Cc1ccc(O)c(NC(=O)C2(CN)CCOCC2)c1.Cl. The smallest absolute Gasteiger partial charge is 0.232 e. The first-order chi connectivity index (χ1) is 9.07. The van der Waals surface area contributed by atoms with Crippen LogP contribution in [0.15, 0.2) is 18.2 Å². The Morgan fingerprint density at radius 3 is 2.70 bits per heavy atom. The number of benzene rings is 1. The minimum absolute atomic E-state index is 0. The summed E-state index contributed by atoms with van der Waals surface area (Å²) in [5.41, 5.74) is 6.60. The van der Waals surface area contributed by atoms with Crippen LogP contribution < -0.4 is 11.1 Å². The molecule has 1 aliphatic heterocycles. The molecular weight excluding hydrogens is 280 g/mol. The molecule has 0 aromatic heterocycles. The molecule has 5 nitrogen and oxygen atoms in total. The van der Waals surface area contributed by atoms with Crippen molar-refractivity contribution in [1.82, 2.24) is 0 Å². The van der Waals surface area contributed by atoms with Gasteiger partial charge < -0.3 is 20.9 Å². The zero-order chi connectivity index (χ0) is 13.9.